The fraction of sp³-hybridized carbons (Fsp3) is 0.294. The first-order valence-corrected chi connectivity index (χ1v) is 7.52. The number of halogens is 1. The molecule has 2 nitrogen and oxygen atoms in total. The zero-order valence-electron chi connectivity index (χ0n) is 11.9. The van der Waals surface area contributed by atoms with Gasteiger partial charge in [0.25, 0.3) is 0 Å². The SMILES string of the molecule is COc1ccc(C)cc1C(CN)Cc1cccc(Br)c1. The van der Waals surface area contributed by atoms with Crippen molar-refractivity contribution in [1.29, 1.82) is 0 Å². The zero-order chi connectivity index (χ0) is 14.5. The van der Waals surface area contributed by atoms with Crippen LogP contribution in [0.25, 0.3) is 0 Å². The van der Waals surface area contributed by atoms with Gasteiger partial charge >= 0.3 is 0 Å². The maximum absolute atomic E-state index is 6.00. The van der Waals surface area contributed by atoms with Crippen LogP contribution in [-0.2, 0) is 6.42 Å². The molecule has 0 aliphatic rings. The smallest absolute Gasteiger partial charge is 0.122 e. The topological polar surface area (TPSA) is 35.2 Å². The van der Waals surface area contributed by atoms with Gasteiger partial charge in [0.2, 0.25) is 0 Å². The van der Waals surface area contributed by atoms with E-state index in [0.717, 1.165) is 16.6 Å². The molecule has 0 aliphatic carbocycles. The molecule has 2 N–H and O–H groups in total. The van der Waals surface area contributed by atoms with Crippen LogP contribution in [0.2, 0.25) is 0 Å². The number of ether oxygens (including phenoxy) is 1. The molecule has 0 aromatic heterocycles. The summed E-state index contributed by atoms with van der Waals surface area (Å²) < 4.78 is 6.58. The first-order valence-electron chi connectivity index (χ1n) is 6.73. The van der Waals surface area contributed by atoms with Crippen molar-refractivity contribution in [3.63, 3.8) is 0 Å². The number of rotatable bonds is 5. The highest BCUT2D eigenvalue weighted by molar-refractivity contribution is 9.10. The molecule has 1 atom stereocenters. The molecule has 0 heterocycles. The lowest BCUT2D eigenvalue weighted by Gasteiger charge is -2.19. The van der Waals surface area contributed by atoms with Crippen LogP contribution < -0.4 is 10.5 Å². The van der Waals surface area contributed by atoms with Crippen LogP contribution >= 0.6 is 15.9 Å². The summed E-state index contributed by atoms with van der Waals surface area (Å²) in [6, 6.07) is 14.6. The van der Waals surface area contributed by atoms with E-state index in [2.05, 4.69) is 53.2 Å². The Morgan fingerprint density at radius 1 is 1.20 bits per heavy atom. The minimum absolute atomic E-state index is 0.263. The zero-order valence-corrected chi connectivity index (χ0v) is 13.5. The second kappa shape index (κ2) is 6.91. The predicted octanol–water partition coefficient (Wildman–Crippen LogP) is 4.05. The summed E-state index contributed by atoms with van der Waals surface area (Å²) in [6.45, 7) is 2.70. The van der Waals surface area contributed by atoms with E-state index >= 15 is 0 Å². The molecular formula is C17H20BrNO. The molecule has 0 radical (unpaired) electrons. The van der Waals surface area contributed by atoms with Gasteiger partial charge in [0.15, 0.2) is 0 Å². The largest absolute Gasteiger partial charge is 0.496 e. The summed E-state index contributed by atoms with van der Waals surface area (Å²) >= 11 is 3.51. The van der Waals surface area contributed by atoms with Gasteiger partial charge in [-0.1, -0.05) is 45.8 Å². The lowest BCUT2D eigenvalue weighted by Crippen LogP contribution is -2.16. The van der Waals surface area contributed by atoms with Crippen LogP contribution in [0.1, 0.15) is 22.6 Å². The third kappa shape index (κ3) is 3.62. The number of nitrogens with two attached hydrogens (primary N) is 1. The molecular weight excluding hydrogens is 314 g/mol. The number of hydrogen-bond acceptors (Lipinski definition) is 2. The predicted molar refractivity (Wildman–Crippen MR) is 87.4 cm³/mol. The normalized spacial score (nSPS) is 12.2. The lowest BCUT2D eigenvalue weighted by molar-refractivity contribution is 0.405. The van der Waals surface area contributed by atoms with Crippen LogP contribution in [0.15, 0.2) is 46.9 Å². The van der Waals surface area contributed by atoms with Crippen molar-refractivity contribution < 1.29 is 4.74 Å². The van der Waals surface area contributed by atoms with Gasteiger partial charge in [-0.15, -0.1) is 0 Å². The average Bonchev–Trinajstić information content (AvgIpc) is 2.45. The van der Waals surface area contributed by atoms with Crippen LogP contribution in [0.5, 0.6) is 5.75 Å². The van der Waals surface area contributed by atoms with Crippen LogP contribution in [-0.4, -0.2) is 13.7 Å². The molecule has 106 valence electrons. The summed E-state index contributed by atoms with van der Waals surface area (Å²) in [6.07, 6.45) is 0.912. The van der Waals surface area contributed by atoms with Gasteiger partial charge in [0.05, 0.1) is 7.11 Å². The highest BCUT2D eigenvalue weighted by Crippen LogP contribution is 2.30. The summed E-state index contributed by atoms with van der Waals surface area (Å²) in [5.41, 5.74) is 9.69. The number of methoxy groups -OCH3 is 1. The molecule has 2 aromatic carbocycles. The second-order valence-electron chi connectivity index (χ2n) is 5.01. The van der Waals surface area contributed by atoms with Gasteiger partial charge in [-0.25, -0.2) is 0 Å². The van der Waals surface area contributed by atoms with E-state index in [9.17, 15) is 0 Å². The van der Waals surface area contributed by atoms with E-state index < -0.39 is 0 Å². The van der Waals surface area contributed by atoms with E-state index in [-0.39, 0.29) is 5.92 Å². The lowest BCUT2D eigenvalue weighted by atomic mass is 9.90. The molecule has 0 fully saturated rings. The Bertz CT molecular complexity index is 583. The number of benzene rings is 2. The molecule has 20 heavy (non-hydrogen) atoms. The standard InChI is InChI=1S/C17H20BrNO/c1-12-6-7-17(20-2)16(8-12)14(11-19)9-13-4-3-5-15(18)10-13/h3-8,10,14H,9,11,19H2,1-2H3. The number of aryl methyl sites for hydroxylation is 1. The molecule has 0 spiro atoms. The molecule has 2 aromatic rings. The summed E-state index contributed by atoms with van der Waals surface area (Å²) in [7, 11) is 1.71. The Balaban J connectivity index is 2.30. The minimum Gasteiger partial charge on any atom is -0.496 e. The van der Waals surface area contributed by atoms with Crippen molar-refractivity contribution in [3.05, 3.63) is 63.6 Å². The first kappa shape index (κ1) is 15.1. The maximum atomic E-state index is 6.00. The third-order valence-corrected chi connectivity index (χ3v) is 3.97. The Morgan fingerprint density at radius 3 is 2.65 bits per heavy atom. The minimum atomic E-state index is 0.263. The van der Waals surface area contributed by atoms with Gasteiger partial charge in [-0.3, -0.25) is 0 Å². The van der Waals surface area contributed by atoms with Gasteiger partial charge in [-0.2, -0.15) is 0 Å². The van der Waals surface area contributed by atoms with E-state index in [1.54, 1.807) is 7.11 Å². The summed E-state index contributed by atoms with van der Waals surface area (Å²) in [4.78, 5) is 0. The van der Waals surface area contributed by atoms with Crippen LogP contribution in [0.3, 0.4) is 0 Å². The molecule has 3 heteroatoms. The van der Waals surface area contributed by atoms with Crippen LogP contribution in [0, 0.1) is 6.92 Å². The van der Waals surface area contributed by atoms with E-state index in [4.69, 9.17) is 10.5 Å². The Hall–Kier alpha value is -1.32. The number of hydrogen-bond donors (Lipinski definition) is 1. The Labute approximate surface area is 129 Å². The quantitative estimate of drug-likeness (QED) is 0.895. The van der Waals surface area contributed by atoms with Crippen molar-refractivity contribution in [2.45, 2.75) is 19.3 Å². The van der Waals surface area contributed by atoms with Gasteiger partial charge in [0.1, 0.15) is 5.75 Å². The summed E-state index contributed by atoms with van der Waals surface area (Å²) in [5, 5.41) is 0. The molecule has 0 saturated carbocycles. The van der Waals surface area contributed by atoms with E-state index in [0.29, 0.717) is 6.54 Å². The van der Waals surface area contributed by atoms with Crippen molar-refractivity contribution in [1.82, 2.24) is 0 Å². The highest BCUT2D eigenvalue weighted by Gasteiger charge is 2.16. The molecule has 0 amide bonds. The molecule has 0 saturated heterocycles. The van der Waals surface area contributed by atoms with E-state index in [1.165, 1.54) is 16.7 Å². The van der Waals surface area contributed by atoms with E-state index in [1.807, 2.05) is 12.1 Å². The van der Waals surface area contributed by atoms with Crippen molar-refractivity contribution in [2.24, 2.45) is 5.73 Å². The fourth-order valence-corrected chi connectivity index (χ4v) is 2.89. The third-order valence-electron chi connectivity index (χ3n) is 3.48. The van der Waals surface area contributed by atoms with Gasteiger partial charge in [-0.05, 0) is 49.2 Å². The maximum Gasteiger partial charge on any atom is 0.122 e. The molecule has 0 aliphatic heterocycles. The summed E-state index contributed by atoms with van der Waals surface area (Å²) in [5.74, 6) is 1.18. The average molecular weight is 334 g/mol. The Kier molecular flexibility index (Phi) is 5.21. The molecule has 2 rings (SSSR count). The van der Waals surface area contributed by atoms with Crippen molar-refractivity contribution in [3.8, 4) is 5.75 Å². The van der Waals surface area contributed by atoms with Crippen molar-refractivity contribution >= 4 is 15.9 Å². The van der Waals surface area contributed by atoms with Crippen molar-refractivity contribution in [2.75, 3.05) is 13.7 Å². The Morgan fingerprint density at radius 2 is 2.00 bits per heavy atom. The first-order chi connectivity index (χ1) is 9.63. The van der Waals surface area contributed by atoms with Gasteiger partial charge in [0, 0.05) is 10.4 Å². The fourth-order valence-electron chi connectivity index (χ4n) is 2.44. The second-order valence-corrected chi connectivity index (χ2v) is 5.93. The van der Waals surface area contributed by atoms with Crippen LogP contribution in [0.4, 0.5) is 0 Å². The molecule has 0 bridgehead atoms. The van der Waals surface area contributed by atoms with Gasteiger partial charge < -0.3 is 10.5 Å². The monoisotopic (exact) mass is 333 g/mol. The highest BCUT2D eigenvalue weighted by atomic mass is 79.9. The molecule has 1 unspecified atom stereocenters.